The van der Waals surface area contributed by atoms with E-state index in [1.54, 1.807) is 4.90 Å². The van der Waals surface area contributed by atoms with Crippen LogP contribution in [0.3, 0.4) is 0 Å². The van der Waals surface area contributed by atoms with E-state index in [-0.39, 0.29) is 29.7 Å². The van der Waals surface area contributed by atoms with Crippen molar-refractivity contribution in [3.8, 4) is 5.75 Å². The fourth-order valence-corrected chi connectivity index (χ4v) is 3.09. The second kappa shape index (κ2) is 8.40. The standard InChI is InChI=1S/C18H15ClF5N3O2/c19-13-7-11(18(22,23)24)9-25-17(13)27-5-3-26(4-6-27)16(28)10-29-15-2-1-12(20)8-14(15)21/h1-2,7-9H,3-6,10H2. The Kier molecular flexibility index (Phi) is 6.11. The van der Waals surface area contributed by atoms with Gasteiger partial charge in [-0.25, -0.2) is 13.8 Å². The third kappa shape index (κ3) is 5.06. The van der Waals surface area contributed by atoms with E-state index in [0.717, 1.165) is 18.2 Å². The van der Waals surface area contributed by atoms with Gasteiger partial charge in [-0.15, -0.1) is 0 Å². The zero-order valence-electron chi connectivity index (χ0n) is 14.8. The summed E-state index contributed by atoms with van der Waals surface area (Å²) < 4.78 is 69.6. The number of hydrogen-bond acceptors (Lipinski definition) is 4. The zero-order chi connectivity index (χ0) is 21.2. The van der Waals surface area contributed by atoms with Gasteiger partial charge in [0.1, 0.15) is 11.6 Å². The van der Waals surface area contributed by atoms with Gasteiger partial charge in [0.15, 0.2) is 18.2 Å². The molecule has 1 amide bonds. The average Bonchev–Trinajstić information content (AvgIpc) is 2.66. The molecule has 1 aliphatic heterocycles. The average molecular weight is 436 g/mol. The van der Waals surface area contributed by atoms with Crippen LogP contribution in [-0.4, -0.2) is 48.6 Å². The van der Waals surface area contributed by atoms with E-state index in [1.165, 1.54) is 4.90 Å². The number of rotatable bonds is 4. The molecule has 2 aromatic rings. The maximum Gasteiger partial charge on any atom is 0.417 e. The second-order valence-corrected chi connectivity index (χ2v) is 6.67. The number of amides is 1. The van der Waals surface area contributed by atoms with Gasteiger partial charge >= 0.3 is 6.18 Å². The smallest absolute Gasteiger partial charge is 0.417 e. The van der Waals surface area contributed by atoms with Crippen LogP contribution in [0.5, 0.6) is 5.75 Å². The van der Waals surface area contributed by atoms with Gasteiger partial charge in [-0.05, 0) is 18.2 Å². The summed E-state index contributed by atoms with van der Waals surface area (Å²) in [5.41, 5.74) is -0.940. The van der Waals surface area contributed by atoms with E-state index < -0.39 is 35.9 Å². The first-order chi connectivity index (χ1) is 13.6. The van der Waals surface area contributed by atoms with Crippen LogP contribution < -0.4 is 9.64 Å². The van der Waals surface area contributed by atoms with Crippen molar-refractivity contribution >= 4 is 23.3 Å². The van der Waals surface area contributed by atoms with Crippen molar-refractivity contribution in [2.45, 2.75) is 6.18 Å². The second-order valence-electron chi connectivity index (χ2n) is 6.26. The molecule has 3 rings (SSSR count). The highest BCUT2D eigenvalue weighted by molar-refractivity contribution is 6.33. The van der Waals surface area contributed by atoms with Gasteiger partial charge in [0.05, 0.1) is 10.6 Å². The number of alkyl halides is 3. The summed E-state index contributed by atoms with van der Waals surface area (Å²) in [6.07, 6.45) is -3.83. The quantitative estimate of drug-likeness (QED) is 0.686. The molecule has 0 bridgehead atoms. The van der Waals surface area contributed by atoms with E-state index in [4.69, 9.17) is 16.3 Å². The molecule has 1 aromatic heterocycles. The molecule has 0 aliphatic carbocycles. The minimum Gasteiger partial charge on any atom is -0.481 e. The highest BCUT2D eigenvalue weighted by Crippen LogP contribution is 2.33. The van der Waals surface area contributed by atoms with Crippen LogP contribution in [0.15, 0.2) is 30.5 Å². The third-order valence-corrected chi connectivity index (χ3v) is 4.60. The maximum atomic E-state index is 13.5. The summed E-state index contributed by atoms with van der Waals surface area (Å²) in [6, 6.07) is 3.57. The Morgan fingerprint density at radius 2 is 1.83 bits per heavy atom. The molecule has 156 valence electrons. The van der Waals surface area contributed by atoms with Crippen LogP contribution in [-0.2, 0) is 11.0 Å². The predicted molar refractivity (Wildman–Crippen MR) is 94.9 cm³/mol. The Balaban J connectivity index is 1.55. The molecule has 5 nitrogen and oxygen atoms in total. The van der Waals surface area contributed by atoms with Gasteiger partial charge in [0.25, 0.3) is 5.91 Å². The van der Waals surface area contributed by atoms with Crippen molar-refractivity contribution in [2.75, 3.05) is 37.7 Å². The number of anilines is 1. The number of halogens is 6. The van der Waals surface area contributed by atoms with E-state index in [9.17, 15) is 26.7 Å². The highest BCUT2D eigenvalue weighted by Gasteiger charge is 2.32. The first-order valence-corrected chi connectivity index (χ1v) is 8.86. The summed E-state index contributed by atoms with van der Waals surface area (Å²) in [4.78, 5) is 19.2. The van der Waals surface area contributed by atoms with E-state index >= 15 is 0 Å². The molecular formula is C18H15ClF5N3O2. The zero-order valence-corrected chi connectivity index (χ0v) is 15.6. The predicted octanol–water partition coefficient (Wildman–Crippen LogP) is 3.76. The maximum absolute atomic E-state index is 13.5. The van der Waals surface area contributed by atoms with Crippen molar-refractivity contribution in [2.24, 2.45) is 0 Å². The van der Waals surface area contributed by atoms with Crippen LogP contribution in [0, 0.1) is 11.6 Å². The van der Waals surface area contributed by atoms with Crippen LogP contribution in [0.25, 0.3) is 0 Å². The van der Waals surface area contributed by atoms with Gasteiger partial charge in [-0.3, -0.25) is 4.79 Å². The van der Waals surface area contributed by atoms with E-state index in [0.29, 0.717) is 25.4 Å². The van der Waals surface area contributed by atoms with Gasteiger partial charge in [-0.2, -0.15) is 13.2 Å². The SMILES string of the molecule is O=C(COc1ccc(F)cc1F)N1CCN(c2ncc(C(F)(F)F)cc2Cl)CC1. The van der Waals surface area contributed by atoms with Crippen molar-refractivity contribution in [1.82, 2.24) is 9.88 Å². The fourth-order valence-electron chi connectivity index (χ4n) is 2.81. The number of carbonyl (C=O) groups excluding carboxylic acids is 1. The highest BCUT2D eigenvalue weighted by atomic mass is 35.5. The Bertz CT molecular complexity index is 902. The minimum absolute atomic E-state index is 0.130. The van der Waals surface area contributed by atoms with Crippen molar-refractivity contribution in [1.29, 1.82) is 0 Å². The van der Waals surface area contributed by atoms with Gasteiger partial charge in [-0.1, -0.05) is 11.6 Å². The van der Waals surface area contributed by atoms with Gasteiger partial charge < -0.3 is 14.5 Å². The monoisotopic (exact) mass is 435 g/mol. The summed E-state index contributed by atoms with van der Waals surface area (Å²) in [6.45, 7) is 0.686. The van der Waals surface area contributed by atoms with Crippen LogP contribution in [0.1, 0.15) is 5.56 Å². The lowest BCUT2D eigenvalue weighted by atomic mass is 10.2. The molecule has 0 N–H and O–H groups in total. The molecule has 0 saturated carbocycles. The summed E-state index contributed by atoms with van der Waals surface area (Å²) in [5.74, 6) is -2.10. The molecule has 1 saturated heterocycles. The van der Waals surface area contributed by atoms with Crippen LogP contribution in [0.2, 0.25) is 5.02 Å². The summed E-state index contributed by atoms with van der Waals surface area (Å²) >= 11 is 5.94. The molecule has 1 aliphatic rings. The lowest BCUT2D eigenvalue weighted by molar-refractivity contribution is -0.138. The summed E-state index contributed by atoms with van der Waals surface area (Å²) in [5, 5.41) is -0.130. The van der Waals surface area contributed by atoms with Crippen LogP contribution in [0.4, 0.5) is 27.8 Å². The fraction of sp³-hybridized carbons (Fsp3) is 0.333. The number of ether oxygens (including phenoxy) is 1. The van der Waals surface area contributed by atoms with Crippen molar-refractivity contribution in [3.63, 3.8) is 0 Å². The molecule has 0 unspecified atom stereocenters. The number of hydrogen-bond donors (Lipinski definition) is 0. The van der Waals surface area contributed by atoms with E-state index in [1.807, 2.05) is 0 Å². The molecule has 1 fully saturated rings. The number of piperazine rings is 1. The number of benzene rings is 1. The number of nitrogens with zero attached hydrogens (tertiary/aromatic N) is 3. The molecule has 0 atom stereocenters. The molecule has 11 heteroatoms. The lowest BCUT2D eigenvalue weighted by Gasteiger charge is -2.35. The number of carbonyl (C=O) groups is 1. The number of pyridine rings is 1. The topological polar surface area (TPSA) is 45.7 Å². The first-order valence-electron chi connectivity index (χ1n) is 8.48. The molecule has 1 aromatic carbocycles. The molecule has 2 heterocycles. The van der Waals surface area contributed by atoms with Crippen molar-refractivity contribution in [3.05, 3.63) is 52.7 Å². The Morgan fingerprint density at radius 1 is 1.14 bits per heavy atom. The van der Waals surface area contributed by atoms with Gasteiger partial charge in [0.2, 0.25) is 0 Å². The third-order valence-electron chi connectivity index (χ3n) is 4.33. The molecule has 0 spiro atoms. The van der Waals surface area contributed by atoms with Gasteiger partial charge in [0, 0.05) is 38.4 Å². The minimum atomic E-state index is -4.54. The molecule has 29 heavy (non-hydrogen) atoms. The molecular weight excluding hydrogens is 421 g/mol. The van der Waals surface area contributed by atoms with E-state index in [2.05, 4.69) is 4.98 Å². The summed E-state index contributed by atoms with van der Waals surface area (Å²) in [7, 11) is 0. The largest absolute Gasteiger partial charge is 0.481 e. The Hall–Kier alpha value is -2.62. The van der Waals surface area contributed by atoms with Crippen LogP contribution >= 0.6 is 11.6 Å². The normalized spacial score (nSPS) is 14.8. The first kappa shape index (κ1) is 21.1. The Morgan fingerprint density at radius 3 is 2.41 bits per heavy atom. The molecule has 0 radical (unpaired) electrons. The number of aromatic nitrogens is 1. The van der Waals surface area contributed by atoms with Crippen molar-refractivity contribution < 1.29 is 31.5 Å². The lowest BCUT2D eigenvalue weighted by Crippen LogP contribution is -2.50. The Labute approximate surface area is 167 Å².